The van der Waals surface area contributed by atoms with Crippen LogP contribution >= 0.6 is 23.2 Å². The number of benzene rings is 1. The van der Waals surface area contributed by atoms with E-state index in [0.29, 0.717) is 10.0 Å². The second kappa shape index (κ2) is 4.41. The van der Waals surface area contributed by atoms with Gasteiger partial charge < -0.3 is 10.1 Å². The Hall–Kier alpha value is -0.480. The molecule has 16 heavy (non-hydrogen) atoms. The summed E-state index contributed by atoms with van der Waals surface area (Å²) in [5, 5.41) is 12.1. The molecule has 0 saturated carbocycles. The van der Waals surface area contributed by atoms with E-state index < -0.39 is 0 Å². The first-order chi connectivity index (χ1) is 7.50. The highest BCUT2D eigenvalue weighted by molar-refractivity contribution is 6.36. The molecule has 0 saturated heterocycles. The van der Waals surface area contributed by atoms with Gasteiger partial charge in [0.15, 0.2) is 0 Å². The topological polar surface area (TPSA) is 26.7 Å². The van der Waals surface area contributed by atoms with Crippen molar-refractivity contribution in [3.05, 3.63) is 27.7 Å². The quantitative estimate of drug-likeness (QED) is 0.786. The van der Waals surface area contributed by atoms with Gasteiger partial charge in [-0.2, -0.15) is 5.06 Å². The van der Waals surface area contributed by atoms with Crippen molar-refractivity contribution >= 4 is 28.9 Å². The molecular weight excluding hydrogens is 247 g/mol. The van der Waals surface area contributed by atoms with Crippen molar-refractivity contribution in [1.29, 1.82) is 0 Å². The Labute approximate surface area is 105 Å². The fourth-order valence-electron chi connectivity index (χ4n) is 2.21. The summed E-state index contributed by atoms with van der Waals surface area (Å²) in [6.07, 6.45) is 0.854. The first kappa shape index (κ1) is 12.0. The molecule has 1 N–H and O–H groups in total. The van der Waals surface area contributed by atoms with Crippen LogP contribution in [0.4, 0.5) is 5.69 Å². The Bertz CT molecular complexity index is 409. The molecule has 1 aromatic rings. The van der Waals surface area contributed by atoms with Crippen LogP contribution in [0.1, 0.15) is 18.0 Å². The van der Waals surface area contributed by atoms with Crippen molar-refractivity contribution in [1.82, 2.24) is 5.06 Å². The number of anilines is 1. The Balaban J connectivity index is 2.56. The normalized spacial score (nSPS) is 20.1. The van der Waals surface area contributed by atoms with Gasteiger partial charge in [-0.05, 0) is 24.1 Å². The number of rotatable bonds is 1. The molecule has 0 aromatic heterocycles. The van der Waals surface area contributed by atoms with E-state index in [2.05, 4.69) is 4.90 Å². The zero-order chi connectivity index (χ0) is 11.9. The predicted octanol–water partition coefficient (Wildman–Crippen LogP) is 3.20. The lowest BCUT2D eigenvalue weighted by molar-refractivity contribution is -0.106. The average Bonchev–Trinajstić information content (AvgIpc) is 2.15. The van der Waals surface area contributed by atoms with Crippen molar-refractivity contribution < 1.29 is 5.21 Å². The third kappa shape index (κ3) is 2.00. The molecule has 0 spiro atoms. The lowest BCUT2D eigenvalue weighted by Crippen LogP contribution is -2.33. The summed E-state index contributed by atoms with van der Waals surface area (Å²) >= 11 is 12.2. The van der Waals surface area contributed by atoms with E-state index in [1.54, 1.807) is 13.1 Å². The lowest BCUT2D eigenvalue weighted by Gasteiger charge is -2.36. The molecule has 1 atom stereocenters. The first-order valence-electron chi connectivity index (χ1n) is 5.12. The van der Waals surface area contributed by atoms with Crippen molar-refractivity contribution in [3.8, 4) is 0 Å². The van der Waals surface area contributed by atoms with E-state index in [1.807, 2.05) is 13.1 Å². The molecule has 0 amide bonds. The van der Waals surface area contributed by atoms with Crippen LogP contribution in [0.25, 0.3) is 0 Å². The molecule has 5 heteroatoms. The van der Waals surface area contributed by atoms with E-state index in [9.17, 15) is 5.21 Å². The molecule has 1 aromatic carbocycles. The number of hydrogen-bond donors (Lipinski definition) is 1. The number of hydroxylamine groups is 2. The molecule has 1 aliphatic rings. The molecule has 1 heterocycles. The molecule has 88 valence electrons. The molecular formula is C11H14Cl2N2O. The maximum Gasteiger partial charge on any atom is 0.0657 e. The summed E-state index contributed by atoms with van der Waals surface area (Å²) in [4.78, 5) is 2.09. The maximum atomic E-state index is 9.62. The number of halogens is 2. The SMILES string of the molecule is CN1CCC(N(C)O)c2cc(Cl)cc(Cl)c21. The van der Waals surface area contributed by atoms with Crippen LogP contribution in [0.15, 0.2) is 12.1 Å². The first-order valence-corrected chi connectivity index (χ1v) is 5.88. The zero-order valence-electron chi connectivity index (χ0n) is 9.24. The Morgan fingerprint density at radius 2 is 2.12 bits per heavy atom. The van der Waals surface area contributed by atoms with Gasteiger partial charge in [0.2, 0.25) is 0 Å². The third-order valence-corrected chi connectivity index (χ3v) is 3.49. The van der Waals surface area contributed by atoms with Crippen molar-refractivity contribution in [2.45, 2.75) is 12.5 Å². The molecule has 1 aliphatic heterocycles. The zero-order valence-corrected chi connectivity index (χ0v) is 10.8. The van der Waals surface area contributed by atoms with E-state index in [-0.39, 0.29) is 6.04 Å². The highest BCUT2D eigenvalue weighted by Gasteiger charge is 2.28. The minimum absolute atomic E-state index is 0.0394. The minimum atomic E-state index is -0.0394. The van der Waals surface area contributed by atoms with Crippen LogP contribution in [0.5, 0.6) is 0 Å². The molecule has 0 aliphatic carbocycles. The number of hydrogen-bond acceptors (Lipinski definition) is 3. The van der Waals surface area contributed by atoms with Gasteiger partial charge in [0.25, 0.3) is 0 Å². The van der Waals surface area contributed by atoms with Crippen LogP contribution in [0.2, 0.25) is 10.0 Å². The van der Waals surface area contributed by atoms with Gasteiger partial charge in [0, 0.05) is 25.7 Å². The summed E-state index contributed by atoms with van der Waals surface area (Å²) in [5.41, 5.74) is 1.94. The van der Waals surface area contributed by atoms with Gasteiger partial charge >= 0.3 is 0 Å². The standard InChI is InChI=1S/C11H14Cl2N2O/c1-14-4-3-10(15(2)16)8-5-7(12)6-9(13)11(8)14/h5-6,10,16H,3-4H2,1-2H3. The summed E-state index contributed by atoms with van der Waals surface area (Å²) in [6, 6.07) is 3.57. The highest BCUT2D eigenvalue weighted by Crippen LogP contribution is 2.41. The van der Waals surface area contributed by atoms with Crippen LogP contribution < -0.4 is 4.90 Å². The molecule has 3 nitrogen and oxygen atoms in total. The van der Waals surface area contributed by atoms with Crippen molar-refractivity contribution in [2.24, 2.45) is 0 Å². The van der Waals surface area contributed by atoms with E-state index >= 15 is 0 Å². The van der Waals surface area contributed by atoms with Gasteiger partial charge in [-0.1, -0.05) is 23.2 Å². The Morgan fingerprint density at radius 3 is 2.75 bits per heavy atom. The third-order valence-electron chi connectivity index (χ3n) is 2.99. The summed E-state index contributed by atoms with van der Waals surface area (Å²) < 4.78 is 0. The fraction of sp³-hybridized carbons (Fsp3) is 0.455. The smallest absolute Gasteiger partial charge is 0.0657 e. The monoisotopic (exact) mass is 260 g/mol. The summed E-state index contributed by atoms with van der Waals surface area (Å²) in [7, 11) is 3.64. The highest BCUT2D eigenvalue weighted by atomic mass is 35.5. The number of nitrogens with zero attached hydrogens (tertiary/aromatic N) is 2. The van der Waals surface area contributed by atoms with E-state index in [0.717, 1.165) is 24.2 Å². The van der Waals surface area contributed by atoms with Gasteiger partial charge in [-0.15, -0.1) is 0 Å². The van der Waals surface area contributed by atoms with E-state index in [1.165, 1.54) is 5.06 Å². The second-order valence-corrected chi connectivity index (χ2v) is 4.97. The van der Waals surface area contributed by atoms with Crippen molar-refractivity contribution in [3.63, 3.8) is 0 Å². The largest absolute Gasteiger partial charge is 0.373 e. The molecule has 2 rings (SSSR count). The molecule has 0 bridgehead atoms. The predicted molar refractivity (Wildman–Crippen MR) is 66.6 cm³/mol. The second-order valence-electron chi connectivity index (χ2n) is 4.13. The summed E-state index contributed by atoms with van der Waals surface area (Å²) in [5.74, 6) is 0. The van der Waals surface area contributed by atoms with Crippen LogP contribution in [-0.4, -0.2) is 30.9 Å². The molecule has 1 unspecified atom stereocenters. The van der Waals surface area contributed by atoms with Gasteiger partial charge in [0.05, 0.1) is 16.8 Å². The Kier molecular flexibility index (Phi) is 3.31. The van der Waals surface area contributed by atoms with Gasteiger partial charge in [0.1, 0.15) is 0 Å². The van der Waals surface area contributed by atoms with Crippen LogP contribution in [-0.2, 0) is 0 Å². The van der Waals surface area contributed by atoms with E-state index in [4.69, 9.17) is 23.2 Å². The number of fused-ring (bicyclic) bond motifs is 1. The van der Waals surface area contributed by atoms with Crippen LogP contribution in [0.3, 0.4) is 0 Å². The lowest BCUT2D eigenvalue weighted by atomic mass is 9.96. The van der Waals surface area contributed by atoms with Gasteiger partial charge in [-0.25, -0.2) is 0 Å². The van der Waals surface area contributed by atoms with Crippen LogP contribution in [0, 0.1) is 0 Å². The molecule has 0 radical (unpaired) electrons. The average molecular weight is 261 g/mol. The van der Waals surface area contributed by atoms with Gasteiger partial charge in [-0.3, -0.25) is 0 Å². The Morgan fingerprint density at radius 1 is 1.44 bits per heavy atom. The molecule has 0 fully saturated rings. The maximum absolute atomic E-state index is 9.62. The fourth-order valence-corrected chi connectivity index (χ4v) is 2.87. The van der Waals surface area contributed by atoms with Crippen molar-refractivity contribution in [2.75, 3.05) is 25.5 Å². The minimum Gasteiger partial charge on any atom is -0.373 e. The summed E-state index contributed by atoms with van der Waals surface area (Å²) in [6.45, 7) is 0.865.